The molecule has 52 heavy (non-hydrogen) atoms. The summed E-state index contributed by atoms with van der Waals surface area (Å²) < 4.78 is 36.5. The largest absolute Gasteiger partial charge is 0.461 e. The summed E-state index contributed by atoms with van der Waals surface area (Å²) in [5.74, 6) is 2.56. The van der Waals surface area contributed by atoms with E-state index in [-0.39, 0.29) is 49.6 Å². The number of amides is 1. The fourth-order valence-electron chi connectivity index (χ4n) is 8.25. The Morgan fingerprint density at radius 1 is 1.23 bits per heavy atom. The van der Waals surface area contributed by atoms with Crippen LogP contribution in [-0.4, -0.2) is 82.1 Å². The van der Waals surface area contributed by atoms with Crippen molar-refractivity contribution in [2.45, 2.75) is 82.1 Å². The van der Waals surface area contributed by atoms with E-state index in [4.69, 9.17) is 21.1 Å². The molecule has 1 unspecified atom stereocenters. The van der Waals surface area contributed by atoms with Crippen molar-refractivity contribution in [3.8, 4) is 18.4 Å². The number of β-amino-alcohol motifs (C(OH)–C–C–N with tert-alkyl or cyclic N) is 1. The highest BCUT2D eigenvalue weighted by atomic mass is 19.1. The molecule has 1 aromatic carbocycles. The number of halogens is 2. The van der Waals surface area contributed by atoms with Gasteiger partial charge in [0, 0.05) is 49.4 Å². The molecule has 2 aromatic heterocycles. The minimum Gasteiger partial charge on any atom is -0.461 e. The van der Waals surface area contributed by atoms with Gasteiger partial charge in [-0.05, 0) is 81.9 Å². The molecule has 0 spiro atoms. The highest BCUT2D eigenvalue weighted by molar-refractivity contribution is 5.87. The van der Waals surface area contributed by atoms with Crippen LogP contribution in [0.3, 0.4) is 0 Å². The van der Waals surface area contributed by atoms with Crippen LogP contribution in [0, 0.1) is 18.2 Å². The average Bonchev–Trinajstić information content (AvgIpc) is 3.26. The Labute approximate surface area is 303 Å². The fraction of sp³-hybridized carbons (Fsp3) is 0.450. The molecule has 3 aliphatic heterocycles. The van der Waals surface area contributed by atoms with E-state index in [0.29, 0.717) is 37.2 Å². The second-order valence-corrected chi connectivity index (χ2v) is 14.9. The lowest BCUT2D eigenvalue weighted by atomic mass is 9.86. The molecule has 3 aromatic rings. The number of nitrogens with one attached hydrogen (secondary N) is 1. The third kappa shape index (κ3) is 7.06. The summed E-state index contributed by atoms with van der Waals surface area (Å²) >= 11 is 0. The van der Waals surface area contributed by atoms with E-state index in [2.05, 4.69) is 27.7 Å². The van der Waals surface area contributed by atoms with E-state index in [9.17, 15) is 9.90 Å². The van der Waals surface area contributed by atoms with Gasteiger partial charge in [-0.2, -0.15) is 9.97 Å². The number of carbonyl (C=O) groups is 1. The van der Waals surface area contributed by atoms with Gasteiger partial charge in [-0.15, -0.1) is 6.42 Å². The normalized spacial score (nSPS) is 25.7. The predicted octanol–water partition coefficient (Wildman–Crippen LogP) is 5.14. The first-order chi connectivity index (χ1) is 25.0. The van der Waals surface area contributed by atoms with Crippen molar-refractivity contribution in [3.05, 3.63) is 83.2 Å². The zero-order valence-electron chi connectivity index (χ0n) is 29.7. The van der Waals surface area contributed by atoms with Gasteiger partial charge < -0.3 is 29.9 Å². The van der Waals surface area contributed by atoms with E-state index < -0.39 is 23.1 Å². The lowest BCUT2D eigenvalue weighted by Crippen LogP contribution is -2.47. The third-order valence-corrected chi connectivity index (χ3v) is 10.6. The van der Waals surface area contributed by atoms with E-state index in [1.165, 1.54) is 12.1 Å². The van der Waals surface area contributed by atoms with Gasteiger partial charge in [0.25, 0.3) is 0 Å². The molecule has 10 nitrogen and oxygen atoms in total. The maximum Gasteiger partial charge on any atom is 0.319 e. The molecule has 4 aliphatic rings. The van der Waals surface area contributed by atoms with Gasteiger partial charge >= 0.3 is 6.01 Å². The van der Waals surface area contributed by atoms with Gasteiger partial charge in [-0.25, -0.2) is 8.78 Å². The van der Waals surface area contributed by atoms with Crippen molar-refractivity contribution < 1.29 is 23.4 Å². The first kappa shape index (κ1) is 35.4. The molecule has 2 fully saturated rings. The number of pyridine rings is 1. The molecule has 5 heterocycles. The number of rotatable bonds is 8. The first-order valence-electron chi connectivity index (χ1n) is 18.0. The van der Waals surface area contributed by atoms with E-state index in [1.807, 2.05) is 34.9 Å². The van der Waals surface area contributed by atoms with Crippen molar-refractivity contribution in [2.24, 2.45) is 0 Å². The molecule has 1 amide bonds. The van der Waals surface area contributed by atoms with Gasteiger partial charge in [0.05, 0.1) is 53.1 Å². The molecule has 0 radical (unpaired) electrons. The van der Waals surface area contributed by atoms with Gasteiger partial charge in [0.2, 0.25) is 5.91 Å². The summed E-state index contributed by atoms with van der Waals surface area (Å²) in [6, 6.07) is 6.84. The number of allylic oxidation sites excluding steroid dienone is 1. The monoisotopic (exact) mass is 709 g/mol. The Kier molecular flexibility index (Phi) is 9.65. The van der Waals surface area contributed by atoms with Crippen LogP contribution in [0.4, 0.5) is 26.0 Å². The van der Waals surface area contributed by atoms with Crippen molar-refractivity contribution in [1.29, 1.82) is 0 Å². The van der Waals surface area contributed by atoms with Gasteiger partial charge in [-0.3, -0.25) is 9.78 Å². The molecule has 4 atom stereocenters. The number of hydrogen-bond donors (Lipinski definition) is 2. The number of aliphatic hydroxyl groups is 1. The van der Waals surface area contributed by atoms with Crippen LogP contribution in [0.1, 0.15) is 68.3 Å². The summed E-state index contributed by atoms with van der Waals surface area (Å²) in [5, 5.41) is 14.4. The SMILES string of the molecule is C#Cc1c(F)ccc2c1N(C1=Cc3nc(OC[C@]4(C)C[C@@H](F)CN4c4cccnc4)nc(N4CCCCC(NC(=O)C=C)C4)c3CC1)C[C@](C)(O)C2. The van der Waals surface area contributed by atoms with Crippen LogP contribution in [0.5, 0.6) is 6.01 Å². The summed E-state index contributed by atoms with van der Waals surface area (Å²) in [6.07, 6.45) is 15.9. The van der Waals surface area contributed by atoms with E-state index >= 15 is 8.78 Å². The molecule has 0 bridgehead atoms. The molecule has 0 saturated carbocycles. The fourth-order valence-corrected chi connectivity index (χ4v) is 8.25. The molecular formula is C40H45F2N7O3. The first-order valence-corrected chi connectivity index (χ1v) is 18.0. The van der Waals surface area contributed by atoms with Crippen LogP contribution < -0.4 is 24.8 Å². The van der Waals surface area contributed by atoms with Crippen molar-refractivity contribution in [3.63, 3.8) is 0 Å². The summed E-state index contributed by atoms with van der Waals surface area (Å²) in [4.78, 5) is 32.6. The van der Waals surface area contributed by atoms with Crippen LogP contribution in [-0.2, 0) is 17.6 Å². The molecule has 7 rings (SSSR count). The van der Waals surface area contributed by atoms with Gasteiger partial charge in [0.15, 0.2) is 0 Å². The molecule has 272 valence electrons. The number of alkyl halides is 1. The Morgan fingerprint density at radius 2 is 2.08 bits per heavy atom. The third-order valence-electron chi connectivity index (χ3n) is 10.6. The molecule has 2 saturated heterocycles. The average molecular weight is 710 g/mol. The topological polar surface area (TPSA) is 107 Å². The maximum absolute atomic E-state index is 15.1. The van der Waals surface area contributed by atoms with Crippen molar-refractivity contribution >= 4 is 29.2 Å². The van der Waals surface area contributed by atoms with Gasteiger partial charge in [0.1, 0.15) is 24.4 Å². The number of terminal acetylenes is 1. The number of aromatic nitrogens is 3. The zero-order chi connectivity index (χ0) is 36.6. The van der Waals surface area contributed by atoms with Crippen LogP contribution in [0.15, 0.2) is 55.0 Å². The lowest BCUT2D eigenvalue weighted by molar-refractivity contribution is -0.117. The lowest BCUT2D eigenvalue weighted by Gasteiger charge is -2.42. The number of ether oxygens (including phenoxy) is 1. The van der Waals surface area contributed by atoms with Crippen LogP contribution in [0.2, 0.25) is 0 Å². The van der Waals surface area contributed by atoms with Crippen LogP contribution >= 0.6 is 0 Å². The second-order valence-electron chi connectivity index (χ2n) is 14.9. The number of carbonyl (C=O) groups excluding carboxylic acids is 1. The quantitative estimate of drug-likeness (QED) is 0.243. The molecule has 2 N–H and O–H groups in total. The van der Waals surface area contributed by atoms with Crippen molar-refractivity contribution in [1.82, 2.24) is 20.3 Å². The minimum absolute atomic E-state index is 0.103. The zero-order valence-corrected chi connectivity index (χ0v) is 29.7. The number of anilines is 3. The van der Waals surface area contributed by atoms with E-state index in [1.54, 1.807) is 25.4 Å². The predicted molar refractivity (Wildman–Crippen MR) is 198 cm³/mol. The highest BCUT2D eigenvalue weighted by Crippen LogP contribution is 2.42. The Bertz CT molecular complexity index is 1930. The highest BCUT2D eigenvalue weighted by Gasteiger charge is 2.44. The van der Waals surface area contributed by atoms with Crippen molar-refractivity contribution in [2.75, 3.05) is 47.5 Å². The Hall–Kier alpha value is -5.02. The Balaban J connectivity index is 1.28. The number of hydrogen-bond acceptors (Lipinski definition) is 9. The number of benzene rings is 1. The van der Waals surface area contributed by atoms with Crippen LogP contribution in [0.25, 0.3) is 6.08 Å². The standard InChI is InChI=1S/C40H45F2N7O3/c1-5-31-33(42)15-12-26-19-40(4,51)24-48(36(26)31)29-13-14-32-34(18-29)45-38(46-37(32)47-17-8-7-10-28(23-47)44-35(50)6-2)52-25-39(3)20-27(41)22-49(39)30-11-9-16-43-21-30/h1,6,9,11-12,15-16,18,21,27-28,51H,2,7-8,10,13-14,17,19-20,22-25H2,3-4H3,(H,44,50)/t27-,28?,39+,40-/m1/s1. The minimum atomic E-state index is -1.08. The smallest absolute Gasteiger partial charge is 0.319 e. The summed E-state index contributed by atoms with van der Waals surface area (Å²) in [5.41, 5.74) is 2.99. The second kappa shape index (κ2) is 14.2. The van der Waals surface area contributed by atoms with E-state index in [0.717, 1.165) is 54.1 Å². The summed E-state index contributed by atoms with van der Waals surface area (Å²) in [7, 11) is 0. The number of nitrogens with zero attached hydrogens (tertiary/aromatic N) is 6. The molecule has 1 aliphatic carbocycles. The molecule has 12 heteroatoms. The maximum atomic E-state index is 15.1. The summed E-state index contributed by atoms with van der Waals surface area (Å²) in [6.45, 7) is 9.21. The molecular weight excluding hydrogens is 664 g/mol. The van der Waals surface area contributed by atoms with Gasteiger partial charge in [-0.1, -0.05) is 18.6 Å². The number of fused-ring (bicyclic) bond motifs is 2. The Morgan fingerprint density at radius 3 is 2.85 bits per heavy atom.